The Bertz CT molecular complexity index is 564. The molecular weight excluding hydrogens is 234 g/mol. The van der Waals surface area contributed by atoms with Crippen molar-refractivity contribution in [1.29, 1.82) is 0 Å². The lowest BCUT2D eigenvalue weighted by atomic mass is 10.1. The zero-order valence-corrected chi connectivity index (χ0v) is 9.64. The van der Waals surface area contributed by atoms with Crippen LogP contribution in [0.2, 0.25) is 0 Å². The molecular formula is C12H11N3O3. The average Bonchev–Trinajstić information content (AvgIpc) is 2.92. The first kappa shape index (κ1) is 11.8. The number of rotatable bonds is 3. The van der Waals surface area contributed by atoms with Crippen molar-refractivity contribution < 1.29 is 14.3 Å². The van der Waals surface area contributed by atoms with Crippen molar-refractivity contribution in [3.63, 3.8) is 0 Å². The van der Waals surface area contributed by atoms with Crippen LogP contribution in [0.25, 0.3) is 0 Å². The van der Waals surface area contributed by atoms with Crippen molar-refractivity contribution in [2.45, 2.75) is 0 Å². The van der Waals surface area contributed by atoms with E-state index in [2.05, 4.69) is 20.3 Å². The summed E-state index contributed by atoms with van der Waals surface area (Å²) in [5, 5.41) is 8.84. The fraction of sp³-hybridized carbons (Fsp3) is 0.0833. The second-order valence-corrected chi connectivity index (χ2v) is 3.46. The molecule has 2 aromatic rings. The fourth-order valence-corrected chi connectivity index (χ4v) is 1.45. The molecule has 92 valence electrons. The highest BCUT2D eigenvalue weighted by Crippen LogP contribution is 2.16. The molecule has 6 heteroatoms. The summed E-state index contributed by atoms with van der Waals surface area (Å²) in [7, 11) is 1.29. The number of esters is 1. The second kappa shape index (κ2) is 5.13. The van der Waals surface area contributed by atoms with E-state index in [1.165, 1.54) is 19.4 Å². The van der Waals surface area contributed by atoms with Gasteiger partial charge in [0.25, 0.3) is 5.91 Å². The largest absolute Gasteiger partial charge is 0.465 e. The molecule has 0 unspecified atom stereocenters. The van der Waals surface area contributed by atoms with Gasteiger partial charge in [0, 0.05) is 6.20 Å². The minimum atomic E-state index is -0.504. The maximum absolute atomic E-state index is 11.8. The monoisotopic (exact) mass is 245 g/mol. The van der Waals surface area contributed by atoms with Gasteiger partial charge >= 0.3 is 5.97 Å². The molecule has 0 fully saturated rings. The Morgan fingerprint density at radius 1 is 1.28 bits per heavy atom. The number of nitrogens with one attached hydrogen (secondary N) is 2. The lowest BCUT2D eigenvalue weighted by Gasteiger charge is -2.08. The quantitative estimate of drug-likeness (QED) is 0.801. The Balaban J connectivity index is 2.24. The van der Waals surface area contributed by atoms with E-state index in [0.717, 1.165) is 0 Å². The van der Waals surface area contributed by atoms with Gasteiger partial charge in [0.2, 0.25) is 0 Å². The summed E-state index contributed by atoms with van der Waals surface area (Å²) in [6.07, 6.45) is 1.47. The Kier molecular flexibility index (Phi) is 3.38. The van der Waals surface area contributed by atoms with Crippen LogP contribution in [-0.2, 0) is 4.74 Å². The van der Waals surface area contributed by atoms with Gasteiger partial charge in [-0.2, -0.15) is 5.10 Å². The number of methoxy groups -OCH3 is 1. The molecule has 0 aliphatic rings. The molecule has 0 radical (unpaired) electrons. The predicted octanol–water partition coefficient (Wildman–Crippen LogP) is 1.45. The average molecular weight is 245 g/mol. The van der Waals surface area contributed by atoms with Crippen LogP contribution in [0.3, 0.4) is 0 Å². The van der Waals surface area contributed by atoms with E-state index in [-0.39, 0.29) is 5.91 Å². The normalized spacial score (nSPS) is 9.83. The maximum atomic E-state index is 11.8. The van der Waals surface area contributed by atoms with Gasteiger partial charge in [-0.3, -0.25) is 9.89 Å². The summed E-state index contributed by atoms with van der Waals surface area (Å²) >= 11 is 0. The number of nitrogens with zero attached hydrogens (tertiary/aromatic N) is 1. The van der Waals surface area contributed by atoms with E-state index in [4.69, 9.17) is 0 Å². The standard InChI is InChI=1S/C12H11N3O3/c1-18-12(17)8-4-2-3-5-9(8)14-11(16)10-6-7-13-15-10/h2-7H,1H3,(H,13,15)(H,14,16). The minimum Gasteiger partial charge on any atom is -0.465 e. The molecule has 2 rings (SSSR count). The van der Waals surface area contributed by atoms with Crippen LogP contribution in [0.4, 0.5) is 5.69 Å². The second-order valence-electron chi connectivity index (χ2n) is 3.46. The molecule has 0 spiro atoms. The number of benzene rings is 1. The molecule has 0 aliphatic heterocycles. The van der Waals surface area contributed by atoms with Crippen molar-refractivity contribution in [2.24, 2.45) is 0 Å². The summed E-state index contributed by atoms with van der Waals surface area (Å²) in [5.74, 6) is -0.876. The Morgan fingerprint density at radius 3 is 2.72 bits per heavy atom. The van der Waals surface area contributed by atoms with Crippen molar-refractivity contribution in [2.75, 3.05) is 12.4 Å². The van der Waals surface area contributed by atoms with Crippen molar-refractivity contribution in [3.05, 3.63) is 47.8 Å². The van der Waals surface area contributed by atoms with Crippen LogP contribution in [0.1, 0.15) is 20.8 Å². The summed E-state index contributed by atoms with van der Waals surface area (Å²) in [6, 6.07) is 8.15. The highest BCUT2D eigenvalue weighted by Gasteiger charge is 2.14. The van der Waals surface area contributed by atoms with Gasteiger partial charge in [0.15, 0.2) is 0 Å². The molecule has 1 heterocycles. The number of carbonyl (C=O) groups excluding carboxylic acids is 2. The number of amides is 1. The van der Waals surface area contributed by atoms with Crippen LogP contribution in [0, 0.1) is 0 Å². The maximum Gasteiger partial charge on any atom is 0.339 e. The first-order valence-electron chi connectivity index (χ1n) is 5.20. The lowest BCUT2D eigenvalue weighted by Crippen LogP contribution is -2.15. The molecule has 1 amide bonds. The number of hydrogen-bond donors (Lipinski definition) is 2. The zero-order chi connectivity index (χ0) is 13.0. The van der Waals surface area contributed by atoms with E-state index < -0.39 is 5.97 Å². The van der Waals surface area contributed by atoms with E-state index in [0.29, 0.717) is 16.9 Å². The third kappa shape index (κ3) is 2.37. The highest BCUT2D eigenvalue weighted by molar-refractivity contribution is 6.06. The molecule has 6 nitrogen and oxygen atoms in total. The first-order valence-corrected chi connectivity index (χ1v) is 5.20. The van der Waals surface area contributed by atoms with Crippen LogP contribution in [0.5, 0.6) is 0 Å². The van der Waals surface area contributed by atoms with Crippen molar-refractivity contribution in [3.8, 4) is 0 Å². The zero-order valence-electron chi connectivity index (χ0n) is 9.64. The van der Waals surface area contributed by atoms with Crippen LogP contribution in [-0.4, -0.2) is 29.2 Å². The van der Waals surface area contributed by atoms with Crippen molar-refractivity contribution in [1.82, 2.24) is 10.2 Å². The molecule has 0 saturated carbocycles. The summed E-state index contributed by atoms with van der Waals surface area (Å²) < 4.78 is 4.64. The molecule has 0 atom stereocenters. The summed E-state index contributed by atoms with van der Waals surface area (Å²) in [4.78, 5) is 23.3. The Morgan fingerprint density at radius 2 is 2.06 bits per heavy atom. The number of aromatic amines is 1. The summed E-state index contributed by atoms with van der Waals surface area (Å²) in [6.45, 7) is 0. The molecule has 2 N–H and O–H groups in total. The molecule has 0 aliphatic carbocycles. The number of carbonyl (C=O) groups is 2. The summed E-state index contributed by atoms with van der Waals surface area (Å²) in [5.41, 5.74) is 1.01. The SMILES string of the molecule is COC(=O)c1ccccc1NC(=O)c1ccn[nH]1. The van der Waals surface area contributed by atoms with Crippen molar-refractivity contribution >= 4 is 17.6 Å². The Labute approximate surface area is 103 Å². The molecule has 0 bridgehead atoms. The van der Waals surface area contributed by atoms with Gasteiger partial charge < -0.3 is 10.1 Å². The van der Waals surface area contributed by atoms with Gasteiger partial charge in [0.05, 0.1) is 18.4 Å². The van der Waals surface area contributed by atoms with E-state index >= 15 is 0 Å². The van der Waals surface area contributed by atoms with Gasteiger partial charge in [-0.1, -0.05) is 12.1 Å². The van der Waals surface area contributed by atoms with Crippen LogP contribution < -0.4 is 5.32 Å². The smallest absolute Gasteiger partial charge is 0.339 e. The fourth-order valence-electron chi connectivity index (χ4n) is 1.45. The number of hydrogen-bond acceptors (Lipinski definition) is 4. The predicted molar refractivity (Wildman–Crippen MR) is 64.3 cm³/mol. The van der Waals surface area contributed by atoms with Gasteiger partial charge in [-0.05, 0) is 18.2 Å². The molecule has 1 aromatic heterocycles. The number of anilines is 1. The van der Waals surface area contributed by atoms with Gasteiger partial charge in [-0.25, -0.2) is 4.79 Å². The number of aromatic nitrogens is 2. The van der Waals surface area contributed by atoms with E-state index in [1.807, 2.05) is 0 Å². The highest BCUT2D eigenvalue weighted by atomic mass is 16.5. The van der Waals surface area contributed by atoms with Crippen LogP contribution in [0.15, 0.2) is 36.5 Å². The van der Waals surface area contributed by atoms with Gasteiger partial charge in [0.1, 0.15) is 5.69 Å². The third-order valence-corrected chi connectivity index (χ3v) is 2.33. The topological polar surface area (TPSA) is 84.1 Å². The number of para-hydroxylation sites is 1. The van der Waals surface area contributed by atoms with E-state index in [9.17, 15) is 9.59 Å². The molecule has 0 saturated heterocycles. The van der Waals surface area contributed by atoms with Crippen LogP contribution >= 0.6 is 0 Å². The molecule has 1 aromatic carbocycles. The third-order valence-electron chi connectivity index (χ3n) is 2.33. The van der Waals surface area contributed by atoms with E-state index in [1.54, 1.807) is 24.3 Å². The minimum absolute atomic E-state index is 0.299. The Hall–Kier alpha value is -2.63. The first-order chi connectivity index (χ1) is 8.72. The van der Waals surface area contributed by atoms with Gasteiger partial charge in [-0.15, -0.1) is 0 Å². The number of ether oxygens (including phenoxy) is 1. The lowest BCUT2D eigenvalue weighted by molar-refractivity contribution is 0.0602. The molecule has 18 heavy (non-hydrogen) atoms. The number of H-pyrrole nitrogens is 1.